The minimum Gasteiger partial charge on any atom is -0.507 e. The summed E-state index contributed by atoms with van der Waals surface area (Å²) >= 11 is 0. The molecular formula is C37H43F2NO4. The van der Waals surface area contributed by atoms with Gasteiger partial charge in [-0.1, -0.05) is 85.9 Å². The molecule has 0 saturated heterocycles. The van der Waals surface area contributed by atoms with Crippen LogP contribution in [0.5, 0.6) is 5.75 Å². The van der Waals surface area contributed by atoms with Crippen molar-refractivity contribution in [3.8, 4) is 16.9 Å². The van der Waals surface area contributed by atoms with Crippen LogP contribution in [0.3, 0.4) is 0 Å². The third-order valence-electron chi connectivity index (χ3n) is 6.25. The van der Waals surface area contributed by atoms with E-state index in [1.165, 1.54) is 24.3 Å². The van der Waals surface area contributed by atoms with Crippen LogP contribution in [0.25, 0.3) is 11.1 Å². The van der Waals surface area contributed by atoms with E-state index in [0.29, 0.717) is 12.8 Å². The molecule has 0 heterocycles. The van der Waals surface area contributed by atoms with E-state index >= 15 is 0 Å². The Bertz CT molecular complexity index is 1360. The van der Waals surface area contributed by atoms with Crippen molar-refractivity contribution < 1.29 is 28.2 Å². The highest BCUT2D eigenvalue weighted by molar-refractivity contribution is 5.94. The molecule has 5 nitrogen and oxygen atoms in total. The summed E-state index contributed by atoms with van der Waals surface area (Å²) in [5.41, 5.74) is 0.213. The normalized spacial score (nSPS) is 12.2. The number of esters is 1. The van der Waals surface area contributed by atoms with Gasteiger partial charge in [0.15, 0.2) is 0 Å². The molecule has 0 aliphatic carbocycles. The zero-order valence-electron chi connectivity index (χ0n) is 25.4. The summed E-state index contributed by atoms with van der Waals surface area (Å²) in [7, 11) is 0. The molecular weight excluding hydrogens is 560 g/mol. The number of rotatable bonds is 19. The highest BCUT2D eigenvalue weighted by Crippen LogP contribution is 2.28. The lowest BCUT2D eigenvalue weighted by atomic mass is 10.0. The molecule has 7 heteroatoms. The van der Waals surface area contributed by atoms with Crippen LogP contribution in [-0.4, -0.2) is 30.1 Å². The Labute approximate surface area is 260 Å². The summed E-state index contributed by atoms with van der Waals surface area (Å²) in [6.45, 7) is 2.15. The van der Waals surface area contributed by atoms with Crippen molar-refractivity contribution in [1.82, 2.24) is 5.32 Å². The number of allylic oxidation sites excluding steroid dienone is 12. The number of carbonyl (C=O) groups excluding carboxylic acids is 2. The average Bonchev–Trinajstić information content (AvgIpc) is 3.00. The molecule has 0 bridgehead atoms. The number of aromatic hydroxyl groups is 1. The highest BCUT2D eigenvalue weighted by Gasteiger charge is 2.16. The minimum atomic E-state index is -0.820. The molecule has 0 unspecified atom stereocenters. The van der Waals surface area contributed by atoms with Crippen LogP contribution < -0.4 is 5.32 Å². The first kappa shape index (κ1) is 35.7. The number of ether oxygens (including phenoxy) is 1. The second-order valence-electron chi connectivity index (χ2n) is 9.80. The predicted molar refractivity (Wildman–Crippen MR) is 174 cm³/mol. The molecule has 0 radical (unpaired) electrons. The topological polar surface area (TPSA) is 75.6 Å². The van der Waals surface area contributed by atoms with Crippen molar-refractivity contribution in [3.05, 3.63) is 127 Å². The lowest BCUT2D eigenvalue weighted by molar-refractivity contribution is -0.121. The maximum absolute atomic E-state index is 14.1. The first-order valence-electron chi connectivity index (χ1n) is 15.0. The molecule has 0 atom stereocenters. The number of nitrogens with one attached hydrogen (secondary N) is 1. The number of hydrogen-bond acceptors (Lipinski definition) is 4. The van der Waals surface area contributed by atoms with Gasteiger partial charge in [-0.25, -0.2) is 13.6 Å². The van der Waals surface area contributed by atoms with Crippen LogP contribution in [0.1, 0.15) is 68.6 Å². The van der Waals surface area contributed by atoms with Crippen LogP contribution >= 0.6 is 0 Å². The van der Waals surface area contributed by atoms with Gasteiger partial charge >= 0.3 is 5.97 Å². The Kier molecular flexibility index (Phi) is 17.9. The Balaban J connectivity index is 1.55. The van der Waals surface area contributed by atoms with Crippen molar-refractivity contribution in [3.63, 3.8) is 0 Å². The number of benzene rings is 2. The fraction of sp³-hybridized carbons (Fsp3) is 0.297. The highest BCUT2D eigenvalue weighted by atomic mass is 19.1. The van der Waals surface area contributed by atoms with Crippen LogP contribution in [0.4, 0.5) is 8.78 Å². The SMILES string of the molecule is CCC=CCC=CCC=CCC=CCC=CCC=CCCC(=O)NCCOC(=O)c1cc(-c2ccc(F)cc2F)ccc1O. The first-order valence-corrected chi connectivity index (χ1v) is 15.0. The largest absolute Gasteiger partial charge is 0.507 e. The van der Waals surface area contributed by atoms with Gasteiger partial charge in [-0.15, -0.1) is 0 Å². The van der Waals surface area contributed by atoms with Crippen molar-refractivity contribution >= 4 is 11.9 Å². The lowest BCUT2D eigenvalue weighted by Gasteiger charge is -2.10. The number of amides is 1. The van der Waals surface area contributed by atoms with Crippen molar-refractivity contribution in [1.29, 1.82) is 0 Å². The molecule has 0 fully saturated rings. The maximum atomic E-state index is 14.1. The van der Waals surface area contributed by atoms with Crippen LogP contribution in [0.15, 0.2) is 109 Å². The molecule has 0 aliphatic rings. The lowest BCUT2D eigenvalue weighted by Crippen LogP contribution is -2.27. The van der Waals surface area contributed by atoms with E-state index in [9.17, 15) is 23.5 Å². The quantitative estimate of drug-likeness (QED) is 0.0954. The summed E-state index contributed by atoms with van der Waals surface area (Å²) in [5.74, 6) is -2.83. The zero-order valence-corrected chi connectivity index (χ0v) is 25.4. The zero-order chi connectivity index (χ0) is 31.8. The van der Waals surface area contributed by atoms with Gasteiger partial charge in [0.1, 0.15) is 29.6 Å². The molecule has 234 valence electrons. The molecule has 2 aromatic carbocycles. The second kappa shape index (κ2) is 22.1. The summed E-state index contributed by atoms with van der Waals surface area (Å²) in [4.78, 5) is 24.5. The van der Waals surface area contributed by atoms with Crippen LogP contribution in [0.2, 0.25) is 0 Å². The van der Waals surface area contributed by atoms with Gasteiger partial charge in [-0.2, -0.15) is 0 Å². The van der Waals surface area contributed by atoms with E-state index in [0.717, 1.165) is 50.7 Å². The Morgan fingerprint density at radius 1 is 0.773 bits per heavy atom. The average molecular weight is 604 g/mol. The van der Waals surface area contributed by atoms with Gasteiger partial charge < -0.3 is 15.2 Å². The third kappa shape index (κ3) is 15.1. The number of halogens is 2. The summed E-state index contributed by atoms with van der Waals surface area (Å²) in [5, 5.41) is 12.7. The Morgan fingerprint density at radius 2 is 1.34 bits per heavy atom. The van der Waals surface area contributed by atoms with Gasteiger partial charge in [0.25, 0.3) is 0 Å². The van der Waals surface area contributed by atoms with Gasteiger partial charge in [-0.3, -0.25) is 4.79 Å². The monoisotopic (exact) mass is 603 g/mol. The molecule has 0 saturated carbocycles. The Hall–Kier alpha value is -4.52. The number of phenols is 1. The minimum absolute atomic E-state index is 0.0830. The molecule has 1 amide bonds. The van der Waals surface area contributed by atoms with Gasteiger partial charge in [0.05, 0.1) is 6.54 Å². The smallest absolute Gasteiger partial charge is 0.341 e. The maximum Gasteiger partial charge on any atom is 0.341 e. The number of carbonyl (C=O) groups is 2. The van der Waals surface area contributed by atoms with Crippen LogP contribution in [-0.2, 0) is 9.53 Å². The molecule has 44 heavy (non-hydrogen) atoms. The van der Waals surface area contributed by atoms with E-state index < -0.39 is 17.6 Å². The van der Waals surface area contributed by atoms with Crippen molar-refractivity contribution in [2.75, 3.05) is 13.2 Å². The van der Waals surface area contributed by atoms with Crippen molar-refractivity contribution in [2.24, 2.45) is 0 Å². The third-order valence-corrected chi connectivity index (χ3v) is 6.25. The van der Waals surface area contributed by atoms with E-state index in [1.54, 1.807) is 0 Å². The van der Waals surface area contributed by atoms with E-state index in [1.807, 2.05) is 12.2 Å². The first-order chi connectivity index (χ1) is 21.4. The van der Waals surface area contributed by atoms with Gasteiger partial charge in [0.2, 0.25) is 5.91 Å². The number of phenolic OH excluding ortho intramolecular Hbond substituents is 1. The summed E-state index contributed by atoms with van der Waals surface area (Å²) in [6.07, 6.45) is 32.1. The molecule has 2 rings (SSSR count). The van der Waals surface area contributed by atoms with E-state index in [4.69, 9.17) is 4.74 Å². The van der Waals surface area contributed by atoms with Crippen LogP contribution in [0, 0.1) is 11.6 Å². The predicted octanol–water partition coefficient (Wildman–Crippen LogP) is 9.09. The van der Waals surface area contributed by atoms with E-state index in [2.05, 4.69) is 73.0 Å². The molecule has 2 aromatic rings. The second-order valence-corrected chi connectivity index (χ2v) is 9.80. The fourth-order valence-electron chi connectivity index (χ4n) is 3.95. The van der Waals surface area contributed by atoms with E-state index in [-0.39, 0.29) is 41.5 Å². The van der Waals surface area contributed by atoms with Gasteiger partial charge in [0, 0.05) is 18.1 Å². The molecule has 2 N–H and O–H groups in total. The van der Waals surface area contributed by atoms with Gasteiger partial charge in [-0.05, 0) is 74.8 Å². The fourth-order valence-corrected chi connectivity index (χ4v) is 3.95. The van der Waals surface area contributed by atoms with Crippen molar-refractivity contribution in [2.45, 2.75) is 58.3 Å². The Morgan fingerprint density at radius 3 is 1.91 bits per heavy atom. The summed E-state index contributed by atoms with van der Waals surface area (Å²) < 4.78 is 32.5. The standard InChI is InChI=1S/C37H43F2NO4/c1-2-3-4-5-6-7-8-9-10-11-12-13-14-15-16-17-18-19-20-21-36(42)40-26-27-44-37(43)33-28-30(22-25-35(33)41)32-24-23-31(38)29-34(32)39/h3-4,6-7,9-10,12-13,15-16,18-19,22-25,28-29,41H,2,5,8,11,14,17,20-21,26-27H2,1H3,(H,40,42). The summed E-state index contributed by atoms with van der Waals surface area (Å²) in [6, 6.07) is 7.03. The molecule has 0 spiro atoms. The molecule has 0 aliphatic heterocycles. The molecule has 0 aromatic heterocycles. The number of hydrogen-bond donors (Lipinski definition) is 2.